The monoisotopic (exact) mass is 134 g/mol. The molecule has 0 aliphatic heterocycles. The summed E-state index contributed by atoms with van der Waals surface area (Å²) in [5, 5.41) is 1.38. The lowest BCUT2D eigenvalue weighted by atomic mass is 10.2. The van der Waals surface area contributed by atoms with Gasteiger partial charge in [-0.25, -0.2) is 0 Å². The first-order valence-corrected chi connectivity index (χ1v) is 3.18. The van der Waals surface area contributed by atoms with Gasteiger partial charge in [-0.1, -0.05) is 17.8 Å². The topological polar surface area (TPSA) is 31.5 Å². The van der Waals surface area contributed by atoms with Crippen LogP contribution in [0, 0.1) is 0 Å². The van der Waals surface area contributed by atoms with Gasteiger partial charge in [0, 0.05) is 0 Å². The smallest absolute Gasteiger partial charge is 0.0346 e. The van der Waals surface area contributed by atoms with E-state index in [0.717, 1.165) is 0 Å². The Hall–Kier alpha value is 0.130. The van der Waals surface area contributed by atoms with E-state index in [1.54, 1.807) is 0 Å². The second-order valence-electron chi connectivity index (χ2n) is 1.82. The zero-order valence-corrected chi connectivity index (χ0v) is 6.94. The summed E-state index contributed by atoms with van der Waals surface area (Å²) in [5.41, 5.74) is 1.48. The standard InChI is InChI=1S/C6H13P.H2O/c1-4-5(2)6(3)7;/h4,7H2,1-3H3;1H2/b6-5+;. The van der Waals surface area contributed by atoms with E-state index in [4.69, 9.17) is 0 Å². The van der Waals surface area contributed by atoms with Crippen molar-refractivity contribution in [2.45, 2.75) is 27.2 Å². The predicted molar refractivity (Wildman–Crippen MR) is 42.0 cm³/mol. The summed E-state index contributed by atoms with van der Waals surface area (Å²) < 4.78 is 0. The Morgan fingerprint density at radius 1 is 1.38 bits per heavy atom. The minimum Gasteiger partial charge on any atom is -0.412 e. The fourth-order valence-electron chi connectivity index (χ4n) is 0.279. The Kier molecular flexibility index (Phi) is 7.25. The first kappa shape index (κ1) is 11.0. The van der Waals surface area contributed by atoms with E-state index in [1.165, 1.54) is 17.3 Å². The van der Waals surface area contributed by atoms with Gasteiger partial charge in [-0.3, -0.25) is 0 Å². The molecule has 1 unspecified atom stereocenters. The van der Waals surface area contributed by atoms with Gasteiger partial charge in [-0.15, -0.1) is 9.24 Å². The summed E-state index contributed by atoms with van der Waals surface area (Å²) in [6.07, 6.45) is 1.18. The van der Waals surface area contributed by atoms with Crippen LogP contribution in [-0.2, 0) is 0 Å². The van der Waals surface area contributed by atoms with E-state index in [0.29, 0.717) is 0 Å². The average Bonchev–Trinajstić information content (AvgIpc) is 1.65. The molecule has 0 fully saturated rings. The fraction of sp³-hybridized carbons (Fsp3) is 0.667. The molecular weight excluding hydrogens is 119 g/mol. The molecule has 8 heavy (non-hydrogen) atoms. The molecule has 0 aliphatic carbocycles. The number of rotatable bonds is 1. The van der Waals surface area contributed by atoms with Gasteiger partial charge in [0.1, 0.15) is 0 Å². The third kappa shape index (κ3) is 4.29. The highest BCUT2D eigenvalue weighted by Gasteiger charge is 1.83. The Balaban J connectivity index is 0. The van der Waals surface area contributed by atoms with Gasteiger partial charge in [0.25, 0.3) is 0 Å². The van der Waals surface area contributed by atoms with Gasteiger partial charge in [0.05, 0.1) is 0 Å². The summed E-state index contributed by atoms with van der Waals surface area (Å²) in [6, 6.07) is 0. The number of allylic oxidation sites excluding steroid dienone is 2. The molecule has 50 valence electrons. The van der Waals surface area contributed by atoms with Crippen molar-refractivity contribution in [1.29, 1.82) is 0 Å². The normalized spacial score (nSPS) is 12.0. The van der Waals surface area contributed by atoms with Crippen molar-refractivity contribution >= 4 is 9.24 Å². The summed E-state index contributed by atoms with van der Waals surface area (Å²) in [5.74, 6) is 0. The molecule has 0 aromatic heterocycles. The summed E-state index contributed by atoms with van der Waals surface area (Å²) >= 11 is 0. The molecule has 0 rings (SSSR count). The molecular formula is C6H15OP. The van der Waals surface area contributed by atoms with E-state index < -0.39 is 0 Å². The van der Waals surface area contributed by atoms with Crippen LogP contribution in [0.5, 0.6) is 0 Å². The van der Waals surface area contributed by atoms with Gasteiger partial charge in [0.2, 0.25) is 0 Å². The van der Waals surface area contributed by atoms with Crippen LogP contribution in [0.15, 0.2) is 10.9 Å². The lowest BCUT2D eigenvalue weighted by Gasteiger charge is -1.94. The van der Waals surface area contributed by atoms with Crippen LogP contribution in [0.1, 0.15) is 27.2 Å². The Labute approximate surface area is 53.7 Å². The summed E-state index contributed by atoms with van der Waals surface area (Å²) in [6.45, 7) is 6.44. The van der Waals surface area contributed by atoms with Crippen molar-refractivity contribution in [2.24, 2.45) is 0 Å². The maximum atomic E-state index is 2.70. The Morgan fingerprint density at radius 2 is 1.75 bits per heavy atom. The third-order valence-electron chi connectivity index (χ3n) is 1.20. The molecule has 0 saturated heterocycles. The fourth-order valence-corrected chi connectivity index (χ4v) is 0.483. The van der Waals surface area contributed by atoms with Crippen molar-refractivity contribution in [3.8, 4) is 0 Å². The molecule has 2 N–H and O–H groups in total. The second-order valence-corrected chi connectivity index (χ2v) is 2.68. The van der Waals surface area contributed by atoms with Crippen molar-refractivity contribution in [3.63, 3.8) is 0 Å². The third-order valence-corrected chi connectivity index (χ3v) is 1.70. The molecule has 0 radical (unpaired) electrons. The molecule has 0 heterocycles. The molecule has 0 aliphatic rings. The molecule has 0 aromatic rings. The van der Waals surface area contributed by atoms with E-state index in [1.807, 2.05) is 0 Å². The van der Waals surface area contributed by atoms with Crippen LogP contribution in [0.25, 0.3) is 0 Å². The van der Waals surface area contributed by atoms with Crippen LogP contribution in [-0.4, -0.2) is 5.48 Å². The number of hydrogen-bond donors (Lipinski definition) is 0. The number of hydrogen-bond acceptors (Lipinski definition) is 0. The SMILES string of the molecule is CC/C(C)=C(\C)P.O. The molecule has 0 bridgehead atoms. The minimum atomic E-state index is 0. The van der Waals surface area contributed by atoms with Crippen molar-refractivity contribution in [2.75, 3.05) is 0 Å². The molecule has 0 saturated carbocycles. The van der Waals surface area contributed by atoms with Crippen molar-refractivity contribution in [3.05, 3.63) is 10.9 Å². The van der Waals surface area contributed by atoms with Crippen LogP contribution >= 0.6 is 9.24 Å². The van der Waals surface area contributed by atoms with Gasteiger partial charge < -0.3 is 5.48 Å². The maximum Gasteiger partial charge on any atom is -0.0346 e. The van der Waals surface area contributed by atoms with E-state index in [2.05, 4.69) is 30.0 Å². The molecule has 0 amide bonds. The van der Waals surface area contributed by atoms with Crippen LogP contribution in [0.2, 0.25) is 0 Å². The zero-order valence-electron chi connectivity index (χ0n) is 5.78. The Bertz CT molecular complexity index is 82.5. The second kappa shape index (κ2) is 5.27. The van der Waals surface area contributed by atoms with Crippen LogP contribution < -0.4 is 0 Å². The molecule has 0 spiro atoms. The van der Waals surface area contributed by atoms with Crippen molar-refractivity contribution < 1.29 is 5.48 Å². The van der Waals surface area contributed by atoms with E-state index in [9.17, 15) is 0 Å². The Morgan fingerprint density at radius 3 is 1.75 bits per heavy atom. The van der Waals surface area contributed by atoms with Gasteiger partial charge in [-0.2, -0.15) is 0 Å². The van der Waals surface area contributed by atoms with Gasteiger partial charge >= 0.3 is 0 Å². The molecule has 1 nitrogen and oxygen atoms in total. The summed E-state index contributed by atoms with van der Waals surface area (Å²) in [7, 11) is 2.70. The average molecular weight is 134 g/mol. The van der Waals surface area contributed by atoms with Crippen molar-refractivity contribution in [1.82, 2.24) is 0 Å². The zero-order chi connectivity index (χ0) is 5.86. The van der Waals surface area contributed by atoms with E-state index in [-0.39, 0.29) is 5.48 Å². The highest BCUT2D eigenvalue weighted by molar-refractivity contribution is 7.22. The molecule has 2 heteroatoms. The quantitative estimate of drug-likeness (QED) is 0.489. The lowest BCUT2D eigenvalue weighted by Crippen LogP contribution is -1.70. The van der Waals surface area contributed by atoms with Crippen LogP contribution in [0.3, 0.4) is 0 Å². The maximum absolute atomic E-state index is 2.70. The predicted octanol–water partition coefficient (Wildman–Crippen LogP) is 1.74. The molecule has 0 aromatic carbocycles. The first-order valence-electron chi connectivity index (χ1n) is 2.60. The molecule has 1 atom stereocenters. The van der Waals surface area contributed by atoms with Gasteiger partial charge in [0.15, 0.2) is 0 Å². The largest absolute Gasteiger partial charge is 0.412 e. The first-order chi connectivity index (χ1) is 3.18. The van der Waals surface area contributed by atoms with Gasteiger partial charge in [-0.05, 0) is 20.3 Å². The summed E-state index contributed by atoms with van der Waals surface area (Å²) in [4.78, 5) is 0. The minimum absolute atomic E-state index is 0. The van der Waals surface area contributed by atoms with Crippen LogP contribution in [0.4, 0.5) is 0 Å². The highest BCUT2D eigenvalue weighted by Crippen LogP contribution is 2.12. The van der Waals surface area contributed by atoms with E-state index >= 15 is 0 Å². The lowest BCUT2D eigenvalue weighted by molar-refractivity contribution is 0.824. The highest BCUT2D eigenvalue weighted by atomic mass is 31.0.